The maximum absolute atomic E-state index is 9.99. The van der Waals surface area contributed by atoms with Crippen molar-refractivity contribution in [2.75, 3.05) is 6.26 Å². The number of rotatable bonds is 5. The molecule has 0 spiro atoms. The van der Waals surface area contributed by atoms with Gasteiger partial charge in [-0.3, -0.25) is 0 Å². The third-order valence-electron chi connectivity index (χ3n) is 2.42. The lowest BCUT2D eigenvalue weighted by Crippen LogP contribution is -1.96. The fraction of sp³-hybridized carbons (Fsp3) is 0.333. The Kier molecular flexibility index (Phi) is 5.05. The Morgan fingerprint density at radius 2 is 2.00 bits per heavy atom. The number of nitrogens with zero attached hydrogens (tertiary/aromatic N) is 2. The molecule has 18 heavy (non-hydrogen) atoms. The third kappa shape index (κ3) is 3.26. The molecule has 1 aromatic heterocycles. The minimum absolute atomic E-state index is 0.415. The highest BCUT2D eigenvalue weighted by molar-refractivity contribution is 8.03. The Balaban J connectivity index is 2.23. The number of aliphatic hydroxyl groups excluding tert-OH is 1. The van der Waals surface area contributed by atoms with Crippen LogP contribution in [0.3, 0.4) is 0 Å². The normalized spacial score (nSPS) is 12.6. The molecule has 0 bridgehead atoms. The zero-order valence-electron chi connectivity index (χ0n) is 10.2. The molecule has 0 aliphatic carbocycles. The van der Waals surface area contributed by atoms with Crippen LogP contribution in [0, 0.1) is 0 Å². The summed E-state index contributed by atoms with van der Waals surface area (Å²) in [6, 6.07) is 7.91. The molecule has 1 N–H and O–H groups in total. The van der Waals surface area contributed by atoms with Crippen LogP contribution in [0.25, 0.3) is 0 Å². The van der Waals surface area contributed by atoms with Gasteiger partial charge in [0.05, 0.1) is 6.10 Å². The van der Waals surface area contributed by atoms with E-state index in [-0.39, 0.29) is 0 Å². The predicted octanol–water partition coefficient (Wildman–Crippen LogP) is 3.85. The lowest BCUT2D eigenvalue weighted by molar-refractivity contribution is 0.171. The van der Waals surface area contributed by atoms with Gasteiger partial charge < -0.3 is 5.11 Å². The van der Waals surface area contributed by atoms with Crippen molar-refractivity contribution >= 4 is 34.9 Å². The van der Waals surface area contributed by atoms with E-state index >= 15 is 0 Å². The first-order valence-corrected chi connectivity index (χ1v) is 8.42. The Morgan fingerprint density at radius 3 is 2.67 bits per heavy atom. The highest BCUT2D eigenvalue weighted by Gasteiger charge is 2.13. The van der Waals surface area contributed by atoms with Crippen LogP contribution in [-0.4, -0.2) is 21.6 Å². The van der Waals surface area contributed by atoms with Gasteiger partial charge in [-0.15, -0.1) is 10.2 Å². The Bertz CT molecular complexity index is 516. The summed E-state index contributed by atoms with van der Waals surface area (Å²) < 4.78 is 1.88. The van der Waals surface area contributed by atoms with Crippen LogP contribution in [0.5, 0.6) is 0 Å². The van der Waals surface area contributed by atoms with Crippen molar-refractivity contribution in [2.24, 2.45) is 0 Å². The summed E-state index contributed by atoms with van der Waals surface area (Å²) >= 11 is 4.74. The molecule has 0 amide bonds. The summed E-state index contributed by atoms with van der Waals surface area (Å²) in [6.45, 7) is 1.98. The van der Waals surface area contributed by atoms with E-state index in [1.807, 2.05) is 37.4 Å². The highest BCUT2D eigenvalue weighted by Crippen LogP contribution is 2.36. The Labute approximate surface area is 119 Å². The maximum atomic E-state index is 9.99. The number of aromatic nitrogens is 2. The van der Waals surface area contributed by atoms with Crippen molar-refractivity contribution < 1.29 is 5.11 Å². The second kappa shape index (κ2) is 6.56. The van der Waals surface area contributed by atoms with Crippen LogP contribution in [0.4, 0.5) is 0 Å². The molecule has 1 heterocycles. The molecule has 0 saturated carbocycles. The van der Waals surface area contributed by atoms with Gasteiger partial charge in [-0.1, -0.05) is 60.0 Å². The molecule has 0 fully saturated rings. The summed E-state index contributed by atoms with van der Waals surface area (Å²) in [4.78, 5) is 1.05. The van der Waals surface area contributed by atoms with Gasteiger partial charge in [-0.25, -0.2) is 0 Å². The first kappa shape index (κ1) is 13.9. The van der Waals surface area contributed by atoms with E-state index in [0.29, 0.717) is 6.42 Å². The molecular weight excluding hydrogens is 284 g/mol. The van der Waals surface area contributed by atoms with Gasteiger partial charge >= 0.3 is 0 Å². The van der Waals surface area contributed by atoms with Gasteiger partial charge in [0.2, 0.25) is 0 Å². The van der Waals surface area contributed by atoms with E-state index < -0.39 is 6.10 Å². The van der Waals surface area contributed by atoms with E-state index in [1.165, 1.54) is 0 Å². The number of thioether (sulfide) groups is 1. The second-order valence-electron chi connectivity index (χ2n) is 3.60. The molecule has 2 aromatic rings. The average molecular weight is 298 g/mol. The lowest BCUT2D eigenvalue weighted by atomic mass is 10.1. The molecule has 0 aliphatic rings. The molecule has 1 atom stereocenters. The van der Waals surface area contributed by atoms with Crippen molar-refractivity contribution in [3.63, 3.8) is 0 Å². The van der Waals surface area contributed by atoms with Crippen molar-refractivity contribution in [2.45, 2.75) is 33.0 Å². The van der Waals surface area contributed by atoms with E-state index in [0.717, 1.165) is 19.1 Å². The molecule has 0 radical (unpaired) electrons. The maximum Gasteiger partial charge on any atom is 0.179 e. The van der Waals surface area contributed by atoms with Crippen molar-refractivity contribution in [3.05, 3.63) is 29.8 Å². The standard InChI is InChI=1S/C12H14N2OS3/c1-3-9(15)8-6-4-5-7-10(8)17-12-14-13-11(16-2)18-12/h4-7,9,15H,3H2,1-2H3. The molecule has 3 nitrogen and oxygen atoms in total. The summed E-state index contributed by atoms with van der Waals surface area (Å²) in [5.74, 6) is 0. The van der Waals surface area contributed by atoms with Crippen LogP contribution >= 0.6 is 34.9 Å². The molecular formula is C12H14N2OS3. The largest absolute Gasteiger partial charge is 0.388 e. The molecule has 6 heteroatoms. The second-order valence-corrected chi connectivity index (χ2v) is 6.92. The molecule has 1 aromatic carbocycles. The smallest absolute Gasteiger partial charge is 0.179 e. The SMILES string of the molecule is CCC(O)c1ccccc1Sc1nnc(SC)s1. The minimum atomic E-state index is -0.415. The Morgan fingerprint density at radius 1 is 1.28 bits per heavy atom. The van der Waals surface area contributed by atoms with E-state index in [9.17, 15) is 5.11 Å². The van der Waals surface area contributed by atoms with Gasteiger partial charge in [-0.2, -0.15) is 0 Å². The van der Waals surface area contributed by atoms with Gasteiger partial charge in [0.25, 0.3) is 0 Å². The van der Waals surface area contributed by atoms with Crippen LogP contribution in [0.15, 0.2) is 37.8 Å². The summed E-state index contributed by atoms with van der Waals surface area (Å²) in [7, 11) is 0. The van der Waals surface area contributed by atoms with Crippen molar-refractivity contribution in [3.8, 4) is 0 Å². The Hall–Kier alpha value is -0.560. The monoisotopic (exact) mass is 298 g/mol. The van der Waals surface area contributed by atoms with Crippen LogP contribution in [0.2, 0.25) is 0 Å². The number of hydrogen-bond donors (Lipinski definition) is 1. The van der Waals surface area contributed by atoms with Crippen LogP contribution < -0.4 is 0 Å². The number of hydrogen-bond acceptors (Lipinski definition) is 6. The first-order valence-electron chi connectivity index (χ1n) is 5.57. The zero-order valence-corrected chi connectivity index (χ0v) is 12.6. The molecule has 2 rings (SSSR count). The van der Waals surface area contributed by atoms with E-state index in [2.05, 4.69) is 10.2 Å². The van der Waals surface area contributed by atoms with E-state index in [1.54, 1.807) is 34.9 Å². The highest BCUT2D eigenvalue weighted by atomic mass is 32.2. The summed E-state index contributed by atoms with van der Waals surface area (Å²) in [6.07, 6.45) is 2.29. The summed E-state index contributed by atoms with van der Waals surface area (Å²) in [5.41, 5.74) is 0.964. The lowest BCUT2D eigenvalue weighted by Gasteiger charge is -2.12. The first-order chi connectivity index (χ1) is 8.74. The van der Waals surface area contributed by atoms with Crippen molar-refractivity contribution in [1.29, 1.82) is 0 Å². The van der Waals surface area contributed by atoms with Gasteiger partial charge in [0, 0.05) is 4.90 Å². The topological polar surface area (TPSA) is 46.0 Å². The molecule has 1 unspecified atom stereocenters. The minimum Gasteiger partial charge on any atom is -0.388 e. The quantitative estimate of drug-likeness (QED) is 0.849. The van der Waals surface area contributed by atoms with E-state index in [4.69, 9.17) is 0 Å². The molecule has 0 aliphatic heterocycles. The number of benzene rings is 1. The van der Waals surface area contributed by atoms with Crippen LogP contribution in [0.1, 0.15) is 25.0 Å². The molecule has 96 valence electrons. The average Bonchev–Trinajstić information content (AvgIpc) is 2.86. The van der Waals surface area contributed by atoms with Gasteiger partial charge in [0.1, 0.15) is 0 Å². The van der Waals surface area contributed by atoms with Gasteiger partial charge in [0.15, 0.2) is 8.68 Å². The number of aliphatic hydroxyl groups is 1. The van der Waals surface area contributed by atoms with Crippen LogP contribution in [-0.2, 0) is 0 Å². The summed E-state index contributed by atoms with van der Waals surface area (Å²) in [5, 5.41) is 18.2. The van der Waals surface area contributed by atoms with Crippen molar-refractivity contribution in [1.82, 2.24) is 10.2 Å². The zero-order chi connectivity index (χ0) is 13.0. The third-order valence-corrected chi connectivity index (χ3v) is 5.47. The van der Waals surface area contributed by atoms with Gasteiger partial charge in [-0.05, 0) is 24.3 Å². The fourth-order valence-corrected chi connectivity index (χ4v) is 4.06. The predicted molar refractivity (Wildman–Crippen MR) is 77.5 cm³/mol. The fourth-order valence-electron chi connectivity index (χ4n) is 1.48. The molecule has 0 saturated heterocycles.